The normalized spacial score (nSPS) is 16.2. The molecule has 0 fully saturated rings. The zero-order chi connectivity index (χ0) is 9.07. The first-order chi connectivity index (χ1) is 4.92. The number of esters is 1. The van der Waals surface area contributed by atoms with Gasteiger partial charge in [0.2, 0.25) is 0 Å². The fourth-order valence-electron chi connectivity index (χ4n) is 0.513. The van der Waals surface area contributed by atoms with E-state index in [4.69, 9.17) is 0 Å². The minimum atomic E-state index is -1.35. The summed E-state index contributed by atoms with van der Waals surface area (Å²) < 4.78 is 4.68. The van der Waals surface area contributed by atoms with Crippen LogP contribution in [0.4, 0.5) is 0 Å². The van der Waals surface area contributed by atoms with E-state index in [-0.39, 0.29) is 5.92 Å². The molecule has 3 nitrogen and oxygen atoms in total. The number of carbonyl (C=O) groups excluding carboxylic acids is 1. The van der Waals surface area contributed by atoms with Crippen LogP contribution < -0.4 is 0 Å². The Labute approximate surface area is 67.4 Å². The molecule has 0 aliphatic heterocycles. The number of hydrogen-bond donors (Lipinski definition) is 1. The summed E-state index contributed by atoms with van der Waals surface area (Å²) in [6.07, 6.45) is 0. The van der Waals surface area contributed by atoms with E-state index in [2.05, 4.69) is 4.74 Å². The second-order valence-electron chi connectivity index (χ2n) is 3.02. The fourth-order valence-corrected chi connectivity index (χ4v) is 0.513. The van der Waals surface area contributed by atoms with Gasteiger partial charge in [0.05, 0.1) is 6.61 Å². The Kier molecular flexibility index (Phi) is 3.52. The van der Waals surface area contributed by atoms with E-state index in [1.165, 1.54) is 6.92 Å². The number of aliphatic hydroxyl groups is 1. The average molecular weight is 160 g/mol. The van der Waals surface area contributed by atoms with Crippen molar-refractivity contribution in [2.75, 3.05) is 6.61 Å². The molecule has 0 spiro atoms. The molecule has 66 valence electrons. The summed E-state index contributed by atoms with van der Waals surface area (Å²) in [5, 5.41) is 9.52. The minimum Gasteiger partial charge on any atom is -0.464 e. The second-order valence-corrected chi connectivity index (χ2v) is 3.02. The van der Waals surface area contributed by atoms with Crippen molar-refractivity contribution in [3.63, 3.8) is 0 Å². The van der Waals surface area contributed by atoms with E-state index < -0.39 is 11.6 Å². The highest BCUT2D eigenvalue weighted by atomic mass is 16.5. The van der Waals surface area contributed by atoms with Gasteiger partial charge in [-0.25, -0.2) is 4.79 Å². The third-order valence-electron chi connectivity index (χ3n) is 1.81. The van der Waals surface area contributed by atoms with Gasteiger partial charge >= 0.3 is 5.97 Å². The highest BCUT2D eigenvalue weighted by molar-refractivity contribution is 5.78. The van der Waals surface area contributed by atoms with Crippen LogP contribution in [0.5, 0.6) is 0 Å². The Morgan fingerprint density at radius 3 is 2.36 bits per heavy atom. The lowest BCUT2D eigenvalue weighted by Crippen LogP contribution is -2.41. The van der Waals surface area contributed by atoms with E-state index in [9.17, 15) is 9.90 Å². The fraction of sp³-hybridized carbons (Fsp3) is 0.875. The third-order valence-corrected chi connectivity index (χ3v) is 1.81. The molecule has 0 aliphatic carbocycles. The highest BCUT2D eigenvalue weighted by Crippen LogP contribution is 2.17. The van der Waals surface area contributed by atoms with E-state index in [0.717, 1.165) is 0 Å². The van der Waals surface area contributed by atoms with Crippen LogP contribution in [0.2, 0.25) is 0 Å². The Morgan fingerprint density at radius 2 is 2.09 bits per heavy atom. The number of hydrogen-bond acceptors (Lipinski definition) is 3. The molecule has 3 heteroatoms. The molecule has 0 bridgehead atoms. The first-order valence-electron chi connectivity index (χ1n) is 3.82. The van der Waals surface area contributed by atoms with Crippen LogP contribution in [0.1, 0.15) is 27.7 Å². The van der Waals surface area contributed by atoms with Crippen LogP contribution in [0.25, 0.3) is 0 Å². The molecule has 0 rings (SSSR count). The predicted octanol–water partition coefficient (Wildman–Crippen LogP) is 0.956. The van der Waals surface area contributed by atoms with Crippen LogP contribution in [-0.4, -0.2) is 23.3 Å². The van der Waals surface area contributed by atoms with Gasteiger partial charge in [0.15, 0.2) is 5.60 Å². The smallest absolute Gasteiger partial charge is 0.338 e. The lowest BCUT2D eigenvalue weighted by molar-refractivity contribution is -0.167. The van der Waals surface area contributed by atoms with Crippen molar-refractivity contribution in [3.8, 4) is 0 Å². The van der Waals surface area contributed by atoms with Crippen LogP contribution in [-0.2, 0) is 9.53 Å². The van der Waals surface area contributed by atoms with Crippen LogP contribution >= 0.6 is 0 Å². The van der Waals surface area contributed by atoms with Crippen molar-refractivity contribution in [2.24, 2.45) is 5.92 Å². The standard InChI is InChI=1S/C8H16O3/c1-5-11-7(9)8(4,10)6(2)3/h6,10H,5H2,1-4H3/t8-/m0/s1. The molecule has 11 heavy (non-hydrogen) atoms. The van der Waals surface area contributed by atoms with Gasteiger partial charge in [-0.3, -0.25) is 0 Å². The molecule has 0 aromatic heterocycles. The van der Waals surface area contributed by atoms with Gasteiger partial charge in [-0.05, 0) is 19.8 Å². The van der Waals surface area contributed by atoms with E-state index in [0.29, 0.717) is 6.61 Å². The van der Waals surface area contributed by atoms with Gasteiger partial charge in [0.25, 0.3) is 0 Å². The summed E-state index contributed by atoms with van der Waals surface area (Å²) in [4.78, 5) is 11.0. The Hall–Kier alpha value is -0.570. The molecule has 0 saturated heterocycles. The molecule has 0 aromatic rings. The Balaban J connectivity index is 4.18. The SMILES string of the molecule is CCOC(=O)[C@@](C)(O)C(C)C. The predicted molar refractivity (Wildman–Crippen MR) is 42.1 cm³/mol. The van der Waals surface area contributed by atoms with Gasteiger partial charge < -0.3 is 9.84 Å². The topological polar surface area (TPSA) is 46.5 Å². The first kappa shape index (κ1) is 10.4. The zero-order valence-corrected chi connectivity index (χ0v) is 7.55. The molecule has 0 unspecified atom stereocenters. The Morgan fingerprint density at radius 1 is 1.64 bits per heavy atom. The minimum absolute atomic E-state index is 0.124. The van der Waals surface area contributed by atoms with Gasteiger partial charge in [0, 0.05) is 0 Å². The molecule has 0 radical (unpaired) electrons. The summed E-state index contributed by atoms with van der Waals surface area (Å²) in [7, 11) is 0. The Bertz CT molecular complexity index is 138. The summed E-state index contributed by atoms with van der Waals surface area (Å²) in [5.41, 5.74) is -1.35. The molecule has 0 saturated carbocycles. The number of carbonyl (C=O) groups is 1. The van der Waals surface area contributed by atoms with E-state index >= 15 is 0 Å². The highest BCUT2D eigenvalue weighted by Gasteiger charge is 2.35. The van der Waals surface area contributed by atoms with Gasteiger partial charge in [-0.2, -0.15) is 0 Å². The number of ether oxygens (including phenoxy) is 1. The summed E-state index contributed by atoms with van der Waals surface area (Å²) in [6, 6.07) is 0. The lowest BCUT2D eigenvalue weighted by Gasteiger charge is -2.24. The molecule has 0 heterocycles. The van der Waals surface area contributed by atoms with Crippen molar-refractivity contribution < 1.29 is 14.6 Å². The molecular weight excluding hydrogens is 144 g/mol. The van der Waals surface area contributed by atoms with Crippen molar-refractivity contribution in [3.05, 3.63) is 0 Å². The van der Waals surface area contributed by atoms with Crippen LogP contribution in [0, 0.1) is 5.92 Å². The average Bonchev–Trinajstić information content (AvgIpc) is 1.88. The van der Waals surface area contributed by atoms with Gasteiger partial charge in [0.1, 0.15) is 0 Å². The molecule has 0 aromatic carbocycles. The maximum absolute atomic E-state index is 11.0. The lowest BCUT2D eigenvalue weighted by atomic mass is 9.93. The second kappa shape index (κ2) is 3.72. The summed E-state index contributed by atoms with van der Waals surface area (Å²) >= 11 is 0. The van der Waals surface area contributed by atoms with Crippen molar-refractivity contribution in [1.82, 2.24) is 0 Å². The summed E-state index contributed by atoms with van der Waals surface area (Å²) in [6.45, 7) is 7.04. The molecular formula is C8H16O3. The van der Waals surface area contributed by atoms with Crippen LogP contribution in [0.15, 0.2) is 0 Å². The first-order valence-corrected chi connectivity index (χ1v) is 3.82. The van der Waals surface area contributed by atoms with Crippen molar-refractivity contribution in [1.29, 1.82) is 0 Å². The molecule has 0 aliphatic rings. The molecule has 1 atom stereocenters. The van der Waals surface area contributed by atoms with Gasteiger partial charge in [-0.1, -0.05) is 13.8 Å². The summed E-state index contributed by atoms with van der Waals surface area (Å²) in [5.74, 6) is -0.670. The maximum atomic E-state index is 11.0. The van der Waals surface area contributed by atoms with E-state index in [1.54, 1.807) is 20.8 Å². The van der Waals surface area contributed by atoms with Gasteiger partial charge in [-0.15, -0.1) is 0 Å². The third kappa shape index (κ3) is 2.50. The van der Waals surface area contributed by atoms with Crippen LogP contribution in [0.3, 0.4) is 0 Å². The quantitative estimate of drug-likeness (QED) is 0.625. The number of rotatable bonds is 3. The largest absolute Gasteiger partial charge is 0.464 e. The van der Waals surface area contributed by atoms with E-state index in [1.807, 2.05) is 0 Å². The van der Waals surface area contributed by atoms with Crippen molar-refractivity contribution in [2.45, 2.75) is 33.3 Å². The van der Waals surface area contributed by atoms with Crippen molar-refractivity contribution >= 4 is 5.97 Å². The molecule has 0 amide bonds. The molecule has 1 N–H and O–H groups in total. The monoisotopic (exact) mass is 160 g/mol. The maximum Gasteiger partial charge on any atom is 0.338 e. The zero-order valence-electron chi connectivity index (χ0n) is 7.55.